The van der Waals surface area contributed by atoms with E-state index < -0.39 is 252 Å². The van der Waals surface area contributed by atoms with Gasteiger partial charge in [0.25, 0.3) is 0 Å². The van der Waals surface area contributed by atoms with E-state index in [4.69, 9.17) is 56.8 Å². The Kier molecular flexibility index (Phi) is 21.4. The number of carbonyl (C=O) groups is 1. The zero-order valence-corrected chi connectivity index (χ0v) is 49.0. The lowest BCUT2D eigenvalue weighted by Gasteiger charge is -2.64. The summed E-state index contributed by atoms with van der Waals surface area (Å²) >= 11 is 0. The van der Waals surface area contributed by atoms with E-state index in [1.165, 1.54) is 0 Å². The maximum absolute atomic E-state index is 14.8. The molecule has 0 aromatic carbocycles. The molecule has 4 aliphatic carbocycles. The van der Waals surface area contributed by atoms with E-state index >= 15 is 0 Å². The van der Waals surface area contributed by atoms with Crippen LogP contribution in [0.3, 0.4) is 0 Å². The Morgan fingerprint density at radius 2 is 0.809 bits per heavy atom. The highest BCUT2D eigenvalue weighted by atomic mass is 16.8. The lowest BCUT2D eigenvalue weighted by atomic mass is 9.41. The summed E-state index contributed by atoms with van der Waals surface area (Å²) in [4.78, 5) is 14.8. The summed E-state index contributed by atoms with van der Waals surface area (Å²) in [6.07, 6.45) is -50.7. The molecule has 10 aliphatic rings. The van der Waals surface area contributed by atoms with Crippen LogP contribution in [0.2, 0.25) is 0 Å². The number of ether oxygens (including phenoxy) is 12. The summed E-state index contributed by atoms with van der Waals surface area (Å²) in [5.74, 6) is -1.19. The van der Waals surface area contributed by atoms with Crippen molar-refractivity contribution in [1.29, 1.82) is 0 Å². The molecule has 1 spiro atoms. The van der Waals surface area contributed by atoms with E-state index in [9.17, 15) is 107 Å². The standard InChI is InChI=1S/C56H90O33/c1-19-11-55-9-5-26-53(2,7-4-8-54(26,3)52(77)88-50-41(76)36(71)43(25(17-62)83-50)85-47-38(73)33(68)29(64)21(13-58)79-47)27(55)6-10-56(19,18-55)89-51-45(87-48-39(74)34(69)30(65)22(14-59)80-48)44(31(66)23(15-60)81-51)86-49-40(75)35(70)42(24(16-61)82-49)84-46-37(72)32(67)28(63)20(12-57)78-46/h20-51,57-76H,1,4-18H2,2-3H3. The molecule has 10 rings (SSSR count). The van der Waals surface area contributed by atoms with Crippen LogP contribution >= 0.6 is 0 Å². The van der Waals surface area contributed by atoms with Gasteiger partial charge in [0.1, 0.15) is 146 Å². The molecule has 10 fully saturated rings. The van der Waals surface area contributed by atoms with Gasteiger partial charge in [0.15, 0.2) is 31.5 Å². The molecule has 6 saturated heterocycles. The number of rotatable bonds is 18. The van der Waals surface area contributed by atoms with E-state index in [-0.39, 0.29) is 18.3 Å². The van der Waals surface area contributed by atoms with Gasteiger partial charge in [0.05, 0.1) is 50.7 Å². The van der Waals surface area contributed by atoms with Gasteiger partial charge < -0.3 is 159 Å². The number of hydrogen-bond acceptors (Lipinski definition) is 33. The predicted octanol–water partition coefficient (Wildman–Crippen LogP) is -9.47. The van der Waals surface area contributed by atoms with Crippen LogP contribution in [0.25, 0.3) is 0 Å². The molecule has 36 atom stereocenters. The van der Waals surface area contributed by atoms with Gasteiger partial charge in [-0.2, -0.15) is 0 Å². The average molecular weight is 1290 g/mol. The molecule has 2 bridgehead atoms. The van der Waals surface area contributed by atoms with Crippen molar-refractivity contribution in [1.82, 2.24) is 0 Å². The minimum absolute atomic E-state index is 0.101. The van der Waals surface area contributed by atoms with Gasteiger partial charge in [-0.25, -0.2) is 0 Å². The Labute approximate surface area is 509 Å². The predicted molar refractivity (Wildman–Crippen MR) is 284 cm³/mol. The number of hydrogen-bond donors (Lipinski definition) is 20. The smallest absolute Gasteiger partial charge is 0.314 e. The summed E-state index contributed by atoms with van der Waals surface area (Å²) in [5, 5.41) is 215. The fourth-order valence-corrected chi connectivity index (χ4v) is 16.5. The van der Waals surface area contributed by atoms with Gasteiger partial charge in [0.2, 0.25) is 6.29 Å². The molecule has 36 unspecified atom stereocenters. The Morgan fingerprint density at radius 3 is 1.28 bits per heavy atom. The third kappa shape index (κ3) is 12.3. The first-order valence-corrected chi connectivity index (χ1v) is 30.4. The topological polar surface area (TPSA) is 532 Å². The van der Waals surface area contributed by atoms with Crippen molar-refractivity contribution in [2.45, 2.75) is 261 Å². The molecule has 0 amide bonds. The van der Waals surface area contributed by atoms with Gasteiger partial charge in [-0.15, -0.1) is 0 Å². The second-order valence-electron chi connectivity index (χ2n) is 26.4. The fourth-order valence-electron chi connectivity index (χ4n) is 16.5. The molecule has 4 saturated carbocycles. The normalized spacial score (nSPS) is 54.5. The molecule has 512 valence electrons. The molecule has 89 heavy (non-hydrogen) atoms. The average Bonchev–Trinajstić information content (AvgIpc) is 1.71. The molecule has 0 aromatic heterocycles. The van der Waals surface area contributed by atoms with Crippen LogP contribution in [0.1, 0.15) is 71.6 Å². The van der Waals surface area contributed by atoms with Gasteiger partial charge in [-0.1, -0.05) is 19.9 Å². The van der Waals surface area contributed by atoms with Gasteiger partial charge in [0, 0.05) is 0 Å². The van der Waals surface area contributed by atoms with E-state index in [1.54, 1.807) is 6.92 Å². The third-order valence-corrected chi connectivity index (χ3v) is 21.3. The SMILES string of the molecule is C=C1CC23CCC4C(C)(C(=O)OC5OC(CO)C(OC6OC(CO)C(O)C(O)C6O)C(O)C5O)CCCC4(C)C2CCC1(OC1OC(CO)C(O)C(OC2OC(CO)C(OC4OC(CO)C(O)C(O)C4O)C(O)C2O)C1OC1OC(CO)C(O)C(O)C1O)C3. The summed E-state index contributed by atoms with van der Waals surface area (Å²) in [7, 11) is 0. The summed E-state index contributed by atoms with van der Waals surface area (Å²) < 4.78 is 71.7. The van der Waals surface area contributed by atoms with Crippen molar-refractivity contribution in [2.75, 3.05) is 39.6 Å². The highest BCUT2D eigenvalue weighted by molar-refractivity contribution is 5.77. The van der Waals surface area contributed by atoms with Crippen LogP contribution < -0.4 is 0 Å². The number of carbonyl (C=O) groups excluding carboxylic acids is 1. The highest BCUT2D eigenvalue weighted by Crippen LogP contribution is 2.74. The summed E-state index contributed by atoms with van der Waals surface area (Å²) in [5.41, 5.74) is -2.98. The van der Waals surface area contributed by atoms with Crippen LogP contribution in [0.5, 0.6) is 0 Å². The molecule has 0 radical (unpaired) electrons. The first-order chi connectivity index (χ1) is 42.1. The summed E-state index contributed by atoms with van der Waals surface area (Å²) in [6.45, 7) is 3.16. The number of esters is 1. The van der Waals surface area contributed by atoms with Crippen LogP contribution in [-0.2, 0) is 61.6 Å². The largest absolute Gasteiger partial charge is 0.432 e. The first kappa shape index (κ1) is 69.8. The quantitative estimate of drug-likeness (QED) is 0.0344. The van der Waals surface area contributed by atoms with E-state index in [0.29, 0.717) is 56.9 Å². The van der Waals surface area contributed by atoms with Crippen molar-refractivity contribution in [3.05, 3.63) is 12.2 Å². The van der Waals surface area contributed by atoms with Crippen molar-refractivity contribution < 1.29 is 164 Å². The zero-order chi connectivity index (χ0) is 64.7. The monoisotopic (exact) mass is 1290 g/mol. The molecule has 6 heterocycles. The second kappa shape index (κ2) is 27.2. The van der Waals surface area contributed by atoms with Gasteiger partial charge in [-0.3, -0.25) is 4.79 Å². The lowest BCUT2D eigenvalue weighted by molar-refractivity contribution is -0.405. The second-order valence-corrected chi connectivity index (χ2v) is 26.4. The fraction of sp³-hybridized carbons (Fsp3) is 0.946. The minimum Gasteiger partial charge on any atom is -0.432 e. The molecule has 6 aliphatic heterocycles. The van der Waals surface area contributed by atoms with Crippen molar-refractivity contribution >= 4 is 5.97 Å². The summed E-state index contributed by atoms with van der Waals surface area (Å²) in [6, 6.07) is 0. The minimum atomic E-state index is -2.17. The van der Waals surface area contributed by atoms with Crippen molar-refractivity contribution in [2.24, 2.45) is 28.1 Å². The molecule has 20 N–H and O–H groups in total. The Hall–Kier alpha value is -2.03. The molecule has 33 heteroatoms. The van der Waals surface area contributed by atoms with Crippen LogP contribution in [0, 0.1) is 28.1 Å². The van der Waals surface area contributed by atoms with E-state index in [0.717, 1.165) is 0 Å². The maximum Gasteiger partial charge on any atom is 0.314 e. The van der Waals surface area contributed by atoms with E-state index in [2.05, 4.69) is 13.5 Å². The van der Waals surface area contributed by atoms with Crippen LogP contribution in [0.15, 0.2) is 12.2 Å². The van der Waals surface area contributed by atoms with Crippen molar-refractivity contribution in [3.8, 4) is 0 Å². The third-order valence-electron chi connectivity index (χ3n) is 21.3. The number of fused-ring (bicyclic) bond motifs is 3. The highest BCUT2D eigenvalue weighted by Gasteiger charge is 2.70. The zero-order valence-electron chi connectivity index (χ0n) is 49.0. The molecular formula is C56H90O33. The van der Waals surface area contributed by atoms with Crippen LogP contribution in [0.4, 0.5) is 0 Å². The molecular weight excluding hydrogens is 1200 g/mol. The number of aliphatic hydroxyl groups is 20. The Balaban J connectivity index is 0.871. The van der Waals surface area contributed by atoms with Gasteiger partial charge in [-0.05, 0) is 86.5 Å². The molecule has 33 nitrogen and oxygen atoms in total. The Morgan fingerprint density at radius 1 is 0.427 bits per heavy atom. The van der Waals surface area contributed by atoms with E-state index in [1.807, 2.05) is 0 Å². The first-order valence-electron chi connectivity index (χ1n) is 30.4. The Bertz CT molecular complexity index is 2390. The number of aliphatic hydroxyl groups excluding tert-OH is 20. The van der Waals surface area contributed by atoms with Gasteiger partial charge >= 0.3 is 5.97 Å². The van der Waals surface area contributed by atoms with Crippen LogP contribution in [-0.4, -0.2) is 338 Å². The van der Waals surface area contributed by atoms with Crippen molar-refractivity contribution in [3.63, 3.8) is 0 Å². The lowest BCUT2D eigenvalue weighted by Crippen LogP contribution is -2.68. The molecule has 0 aromatic rings. The maximum atomic E-state index is 14.8.